The number of anilines is 1. The molecule has 1 saturated heterocycles. The Bertz CT molecular complexity index is 836. The highest BCUT2D eigenvalue weighted by atomic mass is 16.6. The zero-order valence-electron chi connectivity index (χ0n) is 25.0. The summed E-state index contributed by atoms with van der Waals surface area (Å²) < 4.78 is 12.2. The highest BCUT2D eigenvalue weighted by Gasteiger charge is 2.44. The summed E-state index contributed by atoms with van der Waals surface area (Å²) >= 11 is 0. The van der Waals surface area contributed by atoms with Crippen molar-refractivity contribution in [2.75, 3.05) is 18.9 Å². The standard InChI is InChI=1S/C31H57N3O6/c1-2-3-4-5-6-7-8-9-10-11-12-13-14-15-16-17-18-19-20-21-22-39-25-23-34(31(38)33-29(25)32)30-28(37)27(36)26(24-35)40-30/h23,26-28,30,35-37H,2-22,24H2,1H3,(H2,32,33,38)/t26-,27-,28+,30-/m1/s1. The van der Waals surface area contributed by atoms with E-state index < -0.39 is 36.8 Å². The summed E-state index contributed by atoms with van der Waals surface area (Å²) in [4.78, 5) is 16.0. The maximum Gasteiger partial charge on any atom is 0.351 e. The number of hydrogen-bond donors (Lipinski definition) is 4. The van der Waals surface area contributed by atoms with Gasteiger partial charge in [-0.05, 0) is 6.42 Å². The number of nitrogen functional groups attached to an aromatic ring is 1. The number of nitrogens with zero attached hydrogens (tertiary/aromatic N) is 2. The molecule has 1 aromatic heterocycles. The van der Waals surface area contributed by atoms with Crippen LogP contribution >= 0.6 is 0 Å². The highest BCUT2D eigenvalue weighted by molar-refractivity contribution is 5.43. The molecule has 5 N–H and O–H groups in total. The first-order chi connectivity index (χ1) is 19.5. The average Bonchev–Trinajstić information content (AvgIpc) is 3.23. The third kappa shape index (κ3) is 12.9. The number of nitrogens with two attached hydrogens (primary N) is 1. The first-order valence-electron chi connectivity index (χ1n) is 16.1. The normalized spacial score (nSPS) is 20.8. The van der Waals surface area contributed by atoms with Gasteiger partial charge in [0.2, 0.25) is 0 Å². The Labute approximate surface area is 241 Å². The van der Waals surface area contributed by atoms with E-state index in [9.17, 15) is 20.1 Å². The molecule has 40 heavy (non-hydrogen) atoms. The van der Waals surface area contributed by atoms with Gasteiger partial charge in [-0.2, -0.15) is 4.98 Å². The van der Waals surface area contributed by atoms with Crippen LogP contribution in [-0.2, 0) is 4.74 Å². The third-order valence-electron chi connectivity index (χ3n) is 7.99. The first kappa shape index (κ1) is 34.5. The topological polar surface area (TPSA) is 140 Å². The molecular weight excluding hydrogens is 510 g/mol. The van der Waals surface area contributed by atoms with E-state index in [1.54, 1.807) is 0 Å². The predicted octanol–water partition coefficient (Wildman–Crippen LogP) is 5.64. The van der Waals surface area contributed by atoms with Crippen molar-refractivity contribution >= 4 is 5.82 Å². The summed E-state index contributed by atoms with van der Waals surface area (Å²) in [5, 5.41) is 29.5. The molecule has 9 nitrogen and oxygen atoms in total. The van der Waals surface area contributed by atoms with Crippen LogP contribution in [0.4, 0.5) is 5.82 Å². The number of ether oxygens (including phenoxy) is 2. The summed E-state index contributed by atoms with van der Waals surface area (Å²) in [6.45, 7) is 2.24. The number of aliphatic hydroxyl groups excluding tert-OH is 3. The summed E-state index contributed by atoms with van der Waals surface area (Å²) in [5.41, 5.74) is 5.13. The van der Waals surface area contributed by atoms with Crippen LogP contribution in [0.3, 0.4) is 0 Å². The zero-order chi connectivity index (χ0) is 29.0. The van der Waals surface area contributed by atoms with Crippen LogP contribution < -0.4 is 16.2 Å². The Morgan fingerprint density at radius 3 is 1.68 bits per heavy atom. The second-order valence-corrected chi connectivity index (χ2v) is 11.5. The lowest BCUT2D eigenvalue weighted by molar-refractivity contribution is -0.0552. The first-order valence-corrected chi connectivity index (χ1v) is 16.1. The molecule has 0 saturated carbocycles. The van der Waals surface area contributed by atoms with Gasteiger partial charge in [0.25, 0.3) is 0 Å². The molecule has 1 aromatic rings. The van der Waals surface area contributed by atoms with Crippen LogP contribution in [0.15, 0.2) is 11.0 Å². The lowest BCUT2D eigenvalue weighted by Gasteiger charge is -2.18. The fraction of sp³-hybridized carbons (Fsp3) is 0.871. The molecule has 4 atom stereocenters. The second-order valence-electron chi connectivity index (χ2n) is 11.5. The molecule has 0 amide bonds. The molecule has 0 unspecified atom stereocenters. The van der Waals surface area contributed by atoms with Crippen LogP contribution in [0.2, 0.25) is 0 Å². The Balaban J connectivity index is 1.44. The largest absolute Gasteiger partial charge is 0.488 e. The van der Waals surface area contributed by atoms with Gasteiger partial charge in [-0.15, -0.1) is 0 Å². The molecule has 232 valence electrons. The monoisotopic (exact) mass is 567 g/mol. The van der Waals surface area contributed by atoms with Crippen LogP contribution in [0.1, 0.15) is 142 Å². The summed E-state index contributed by atoms with van der Waals surface area (Å²) in [5.74, 6) is 0.205. The maximum atomic E-state index is 12.3. The molecule has 9 heteroatoms. The van der Waals surface area contributed by atoms with Gasteiger partial charge >= 0.3 is 5.69 Å². The Hall–Kier alpha value is -1.68. The number of aromatic nitrogens is 2. The van der Waals surface area contributed by atoms with E-state index in [2.05, 4.69) is 11.9 Å². The van der Waals surface area contributed by atoms with Crippen molar-refractivity contribution in [2.45, 2.75) is 160 Å². The van der Waals surface area contributed by atoms with Crippen LogP contribution in [-0.4, -0.2) is 56.4 Å². The Morgan fingerprint density at radius 2 is 1.25 bits per heavy atom. The molecule has 1 aliphatic heterocycles. The fourth-order valence-electron chi connectivity index (χ4n) is 5.41. The molecule has 0 aromatic carbocycles. The minimum absolute atomic E-state index is 0.0267. The van der Waals surface area contributed by atoms with Crippen molar-refractivity contribution in [3.8, 4) is 5.75 Å². The molecular formula is C31H57N3O6. The van der Waals surface area contributed by atoms with Gasteiger partial charge in [-0.25, -0.2) is 4.79 Å². The van der Waals surface area contributed by atoms with E-state index in [0.717, 1.165) is 23.8 Å². The van der Waals surface area contributed by atoms with Gasteiger partial charge in [0.1, 0.15) is 18.3 Å². The second kappa shape index (κ2) is 21.1. The van der Waals surface area contributed by atoms with Gasteiger partial charge in [0.15, 0.2) is 17.8 Å². The molecule has 1 fully saturated rings. The number of aliphatic hydroxyl groups is 3. The predicted molar refractivity (Wildman–Crippen MR) is 159 cm³/mol. The maximum absolute atomic E-state index is 12.3. The zero-order valence-corrected chi connectivity index (χ0v) is 25.0. The van der Waals surface area contributed by atoms with Crippen molar-refractivity contribution in [2.24, 2.45) is 0 Å². The Morgan fingerprint density at radius 1 is 0.800 bits per heavy atom. The van der Waals surface area contributed by atoms with E-state index in [1.165, 1.54) is 115 Å². The lowest BCUT2D eigenvalue weighted by Crippen LogP contribution is -2.36. The van der Waals surface area contributed by atoms with Crippen molar-refractivity contribution in [1.29, 1.82) is 0 Å². The number of hydrogen-bond acceptors (Lipinski definition) is 8. The molecule has 1 aliphatic rings. The van der Waals surface area contributed by atoms with E-state index in [-0.39, 0.29) is 11.6 Å². The summed E-state index contributed by atoms with van der Waals surface area (Å²) in [6.07, 6.45) is 23.1. The summed E-state index contributed by atoms with van der Waals surface area (Å²) in [7, 11) is 0. The average molecular weight is 568 g/mol. The van der Waals surface area contributed by atoms with Gasteiger partial charge in [-0.1, -0.05) is 129 Å². The van der Waals surface area contributed by atoms with Gasteiger partial charge < -0.3 is 30.5 Å². The minimum atomic E-state index is -1.38. The molecule has 0 spiro atoms. The van der Waals surface area contributed by atoms with Gasteiger partial charge in [-0.3, -0.25) is 4.57 Å². The van der Waals surface area contributed by atoms with Gasteiger partial charge in [0, 0.05) is 0 Å². The van der Waals surface area contributed by atoms with Crippen molar-refractivity contribution < 1.29 is 24.8 Å². The third-order valence-corrected chi connectivity index (χ3v) is 7.99. The van der Waals surface area contributed by atoms with Crippen LogP contribution in [0.5, 0.6) is 5.75 Å². The number of unbranched alkanes of at least 4 members (excludes halogenated alkanes) is 19. The summed E-state index contributed by atoms with van der Waals surface area (Å²) in [6, 6.07) is 0. The molecule has 0 aliphatic carbocycles. The Kier molecular flexibility index (Phi) is 18.2. The van der Waals surface area contributed by atoms with E-state index in [0.29, 0.717) is 6.61 Å². The van der Waals surface area contributed by atoms with Crippen LogP contribution in [0, 0.1) is 0 Å². The van der Waals surface area contributed by atoms with Crippen LogP contribution in [0.25, 0.3) is 0 Å². The van der Waals surface area contributed by atoms with E-state index in [1.807, 2.05) is 0 Å². The lowest BCUT2D eigenvalue weighted by atomic mass is 10.0. The fourth-order valence-corrected chi connectivity index (χ4v) is 5.41. The minimum Gasteiger partial charge on any atom is -0.488 e. The highest BCUT2D eigenvalue weighted by Crippen LogP contribution is 2.29. The van der Waals surface area contributed by atoms with Crippen molar-refractivity contribution in [3.63, 3.8) is 0 Å². The molecule has 2 heterocycles. The molecule has 0 bridgehead atoms. The van der Waals surface area contributed by atoms with Crippen molar-refractivity contribution in [3.05, 3.63) is 16.7 Å². The molecule has 2 rings (SSSR count). The van der Waals surface area contributed by atoms with E-state index >= 15 is 0 Å². The number of rotatable bonds is 24. The SMILES string of the molecule is CCCCCCCCCCCCCCCCCCCCCCOc1cn([C@@H]2O[C@H](CO)[C@@H](O)[C@@H]2O)c(=O)nc1N. The van der Waals surface area contributed by atoms with E-state index in [4.69, 9.17) is 15.2 Å². The quantitative estimate of drug-likeness (QED) is 0.118. The molecule has 0 radical (unpaired) electrons. The van der Waals surface area contributed by atoms with Gasteiger partial charge in [0.05, 0.1) is 19.4 Å². The van der Waals surface area contributed by atoms with Crippen molar-refractivity contribution in [1.82, 2.24) is 9.55 Å². The smallest absolute Gasteiger partial charge is 0.351 e.